The van der Waals surface area contributed by atoms with Gasteiger partial charge in [0.2, 0.25) is 0 Å². The van der Waals surface area contributed by atoms with Gasteiger partial charge in [0.15, 0.2) is 11.6 Å². The first-order chi connectivity index (χ1) is 10.3. The number of nitrogens with one attached hydrogen (secondary N) is 1. The Morgan fingerprint density at radius 1 is 1.33 bits per heavy atom. The summed E-state index contributed by atoms with van der Waals surface area (Å²) in [6.07, 6.45) is 5.19. The van der Waals surface area contributed by atoms with Crippen LogP contribution in [0.5, 0.6) is 0 Å². The van der Waals surface area contributed by atoms with Crippen LogP contribution in [0.3, 0.4) is 0 Å². The molecule has 3 rings (SSSR count). The fraction of sp³-hybridized carbons (Fsp3) is 0.733. The van der Waals surface area contributed by atoms with Crippen molar-refractivity contribution >= 4 is 5.82 Å². The number of aromatic nitrogens is 2. The molecule has 0 radical (unpaired) electrons. The van der Waals surface area contributed by atoms with Gasteiger partial charge in [0, 0.05) is 31.8 Å². The molecule has 116 valence electrons. The first-order valence-electron chi connectivity index (χ1n) is 7.85. The first-order valence-corrected chi connectivity index (χ1v) is 7.85. The minimum atomic E-state index is -0.299. The van der Waals surface area contributed by atoms with Gasteiger partial charge in [-0.1, -0.05) is 6.92 Å². The molecule has 1 aromatic heterocycles. The number of aryl methyl sites for hydroxylation is 1. The predicted octanol–water partition coefficient (Wildman–Crippen LogP) is 1.84. The van der Waals surface area contributed by atoms with Gasteiger partial charge in [0.1, 0.15) is 6.33 Å². The number of hydrogen-bond acceptors (Lipinski definition) is 5. The summed E-state index contributed by atoms with van der Waals surface area (Å²) in [5.41, 5.74) is 0.480. The van der Waals surface area contributed by atoms with E-state index in [1.54, 1.807) is 0 Å². The second kappa shape index (κ2) is 6.66. The Hall–Kier alpha value is -1.27. The second-order valence-corrected chi connectivity index (χ2v) is 5.81. The zero-order valence-corrected chi connectivity index (χ0v) is 12.5. The predicted molar refractivity (Wildman–Crippen MR) is 78.8 cm³/mol. The number of ether oxygens (including phenoxy) is 1. The lowest BCUT2D eigenvalue weighted by atomic mass is 10.0. The molecule has 2 saturated heterocycles. The van der Waals surface area contributed by atoms with Crippen LogP contribution in [0.25, 0.3) is 0 Å². The number of likely N-dealkylation sites (tertiary alicyclic amines) is 1. The third-order valence-electron chi connectivity index (χ3n) is 4.49. The molecule has 1 aromatic rings. The minimum Gasteiger partial charge on any atom is -0.380 e. The number of piperidine rings is 1. The van der Waals surface area contributed by atoms with Crippen LogP contribution >= 0.6 is 0 Å². The fourth-order valence-corrected chi connectivity index (χ4v) is 3.17. The summed E-state index contributed by atoms with van der Waals surface area (Å²) >= 11 is 0. The van der Waals surface area contributed by atoms with Crippen molar-refractivity contribution in [1.29, 1.82) is 0 Å². The summed E-state index contributed by atoms with van der Waals surface area (Å²) in [5.74, 6) is 0.0520. The van der Waals surface area contributed by atoms with Gasteiger partial charge in [-0.3, -0.25) is 4.90 Å². The average molecular weight is 294 g/mol. The van der Waals surface area contributed by atoms with E-state index in [4.69, 9.17) is 4.74 Å². The Morgan fingerprint density at radius 2 is 2.14 bits per heavy atom. The van der Waals surface area contributed by atoms with Crippen LogP contribution in [0.15, 0.2) is 6.33 Å². The van der Waals surface area contributed by atoms with Crippen LogP contribution in [0, 0.1) is 5.82 Å². The van der Waals surface area contributed by atoms with Crippen molar-refractivity contribution < 1.29 is 9.13 Å². The second-order valence-electron chi connectivity index (χ2n) is 5.81. The van der Waals surface area contributed by atoms with E-state index in [2.05, 4.69) is 20.2 Å². The van der Waals surface area contributed by atoms with Crippen molar-refractivity contribution in [1.82, 2.24) is 14.9 Å². The third kappa shape index (κ3) is 3.32. The molecule has 0 aromatic carbocycles. The monoisotopic (exact) mass is 294 g/mol. The summed E-state index contributed by atoms with van der Waals surface area (Å²) < 4.78 is 19.6. The van der Waals surface area contributed by atoms with Crippen LogP contribution in [0.4, 0.5) is 10.2 Å². The zero-order valence-electron chi connectivity index (χ0n) is 12.5. The van der Waals surface area contributed by atoms with E-state index in [0.29, 0.717) is 24.0 Å². The van der Waals surface area contributed by atoms with E-state index in [-0.39, 0.29) is 11.9 Å². The molecule has 1 N–H and O–H groups in total. The topological polar surface area (TPSA) is 50.3 Å². The number of anilines is 1. The summed E-state index contributed by atoms with van der Waals surface area (Å²) in [6.45, 7) is 5.72. The van der Waals surface area contributed by atoms with Gasteiger partial charge in [-0.2, -0.15) is 0 Å². The maximum Gasteiger partial charge on any atom is 0.186 e. The molecule has 2 fully saturated rings. The molecular weight excluding hydrogens is 271 g/mol. The molecule has 2 aliphatic rings. The van der Waals surface area contributed by atoms with Gasteiger partial charge < -0.3 is 10.1 Å². The molecule has 0 saturated carbocycles. The van der Waals surface area contributed by atoms with Crippen molar-refractivity contribution in [3.8, 4) is 0 Å². The van der Waals surface area contributed by atoms with Crippen molar-refractivity contribution in [2.45, 2.75) is 44.7 Å². The summed E-state index contributed by atoms with van der Waals surface area (Å²) in [4.78, 5) is 10.5. The largest absolute Gasteiger partial charge is 0.380 e. The van der Waals surface area contributed by atoms with Crippen LogP contribution in [0.2, 0.25) is 0 Å². The van der Waals surface area contributed by atoms with Crippen LogP contribution in [-0.2, 0) is 11.2 Å². The highest BCUT2D eigenvalue weighted by atomic mass is 19.1. The highest BCUT2D eigenvalue weighted by Crippen LogP contribution is 2.22. The lowest BCUT2D eigenvalue weighted by Crippen LogP contribution is -2.45. The van der Waals surface area contributed by atoms with Crippen molar-refractivity contribution in [3.05, 3.63) is 17.8 Å². The maximum absolute atomic E-state index is 14.1. The molecule has 0 bridgehead atoms. The Balaban J connectivity index is 1.55. The molecule has 0 amide bonds. The molecule has 0 spiro atoms. The minimum absolute atomic E-state index is 0.290. The molecule has 21 heavy (non-hydrogen) atoms. The molecule has 2 aliphatic heterocycles. The quantitative estimate of drug-likeness (QED) is 0.918. The number of nitrogens with zero attached hydrogens (tertiary/aromatic N) is 3. The van der Waals surface area contributed by atoms with E-state index in [1.807, 2.05) is 6.92 Å². The molecule has 0 unspecified atom stereocenters. The first kappa shape index (κ1) is 14.7. The van der Waals surface area contributed by atoms with Crippen molar-refractivity contribution in [2.75, 3.05) is 31.6 Å². The van der Waals surface area contributed by atoms with E-state index in [1.165, 1.54) is 6.33 Å². The van der Waals surface area contributed by atoms with Crippen molar-refractivity contribution in [3.63, 3.8) is 0 Å². The average Bonchev–Trinajstić information content (AvgIpc) is 3.04. The molecule has 3 heterocycles. The van der Waals surface area contributed by atoms with E-state index in [9.17, 15) is 4.39 Å². The number of hydrogen-bond donors (Lipinski definition) is 1. The van der Waals surface area contributed by atoms with Crippen LogP contribution < -0.4 is 5.32 Å². The molecule has 6 heteroatoms. The Bertz CT molecular complexity index is 471. The standard InChI is InChI=1S/C15H23FN4O/c1-2-13-14(16)15(18-10-17-13)19-11-3-6-20(7-4-11)12-5-8-21-9-12/h10-12H,2-9H2,1H3,(H,17,18,19)/t12-/m1/s1. The Morgan fingerprint density at radius 3 is 2.81 bits per heavy atom. The van der Waals surface area contributed by atoms with Gasteiger partial charge in [0.05, 0.1) is 12.3 Å². The fourth-order valence-electron chi connectivity index (χ4n) is 3.17. The van der Waals surface area contributed by atoms with Gasteiger partial charge in [0.25, 0.3) is 0 Å². The summed E-state index contributed by atoms with van der Waals surface area (Å²) in [5, 5.41) is 3.25. The van der Waals surface area contributed by atoms with E-state index >= 15 is 0 Å². The number of halogens is 1. The van der Waals surface area contributed by atoms with Gasteiger partial charge in [-0.05, 0) is 25.7 Å². The Kier molecular flexibility index (Phi) is 4.65. The summed E-state index contributed by atoms with van der Waals surface area (Å²) in [7, 11) is 0. The Labute approximate surface area is 124 Å². The highest BCUT2D eigenvalue weighted by Gasteiger charge is 2.28. The maximum atomic E-state index is 14.1. The van der Waals surface area contributed by atoms with Gasteiger partial charge in [-0.25, -0.2) is 14.4 Å². The van der Waals surface area contributed by atoms with Crippen LogP contribution in [0.1, 0.15) is 31.9 Å². The molecular formula is C15H23FN4O. The SMILES string of the molecule is CCc1ncnc(NC2CCN([C@@H]3CCOC3)CC2)c1F. The smallest absolute Gasteiger partial charge is 0.186 e. The lowest BCUT2D eigenvalue weighted by Gasteiger charge is -2.35. The molecule has 1 atom stereocenters. The highest BCUT2D eigenvalue weighted by molar-refractivity contribution is 5.38. The third-order valence-corrected chi connectivity index (χ3v) is 4.49. The lowest BCUT2D eigenvalue weighted by molar-refractivity contribution is 0.124. The zero-order chi connectivity index (χ0) is 14.7. The number of rotatable bonds is 4. The molecule has 5 nitrogen and oxygen atoms in total. The summed E-state index contributed by atoms with van der Waals surface area (Å²) in [6, 6.07) is 0.867. The van der Waals surface area contributed by atoms with Gasteiger partial charge in [-0.15, -0.1) is 0 Å². The van der Waals surface area contributed by atoms with E-state index in [0.717, 1.165) is 45.6 Å². The van der Waals surface area contributed by atoms with Crippen molar-refractivity contribution in [2.24, 2.45) is 0 Å². The normalized spacial score (nSPS) is 24.4. The van der Waals surface area contributed by atoms with Crippen LogP contribution in [-0.4, -0.2) is 53.3 Å². The van der Waals surface area contributed by atoms with E-state index < -0.39 is 0 Å². The van der Waals surface area contributed by atoms with Gasteiger partial charge >= 0.3 is 0 Å². The molecule has 0 aliphatic carbocycles.